The van der Waals surface area contributed by atoms with Crippen molar-refractivity contribution >= 4 is 50.7 Å². The molecule has 1 atom stereocenters. The summed E-state index contributed by atoms with van der Waals surface area (Å²) in [6, 6.07) is 12.2. The molecule has 15 heteroatoms. The Hall–Kier alpha value is -4.47. The number of aliphatic imine (C=N–C) groups is 1. The second-order valence-corrected chi connectivity index (χ2v) is 14.7. The molecule has 3 aromatic rings. The molecule has 0 spiro atoms. The topological polar surface area (TPSA) is 196 Å². The van der Waals surface area contributed by atoms with Crippen LogP contribution in [0.1, 0.15) is 53.4 Å². The number of nitrogens with two attached hydrogens (primary N) is 2. The quantitative estimate of drug-likeness (QED) is 0.0835. The van der Waals surface area contributed by atoms with Gasteiger partial charge in [-0.1, -0.05) is 24.3 Å². The largest absolute Gasteiger partial charge is 0.492 e. The highest BCUT2D eigenvalue weighted by Crippen LogP contribution is 2.40. The molecule has 0 bridgehead atoms. The van der Waals surface area contributed by atoms with Crippen LogP contribution in [0.3, 0.4) is 0 Å². The standard InChI is InChI=1S/C34H42N6O7S2/c1-21(41)27(8-5-13-37-34(35)36)38-32(42)31-28(12-17-48-31)39-49(44,45)29-19-25(18-23-11-16-47-30(23)29)26-7-4-3-6-24(26)20-40-14-9-22(10-15-40)33(43)46-2/h3-4,6-7,12,17-19,22,27,39H,5,8-11,13-16,20H2,1-2H3,(H,38,42)(H4,35,36,37). The van der Waals surface area contributed by atoms with E-state index in [1.807, 2.05) is 30.3 Å². The maximum atomic E-state index is 14.0. The van der Waals surface area contributed by atoms with Crippen LogP contribution in [-0.2, 0) is 37.3 Å². The highest BCUT2D eigenvalue weighted by Gasteiger charge is 2.30. The van der Waals surface area contributed by atoms with Gasteiger partial charge in [-0.25, -0.2) is 8.42 Å². The third-order valence-corrected chi connectivity index (χ3v) is 11.0. The molecular weight excluding hydrogens is 669 g/mol. The van der Waals surface area contributed by atoms with E-state index in [1.165, 1.54) is 20.1 Å². The Bertz CT molecular complexity index is 1830. The summed E-state index contributed by atoms with van der Waals surface area (Å²) in [7, 11) is -2.81. The average Bonchev–Trinajstić information content (AvgIpc) is 3.75. The number of hydrogen-bond donors (Lipinski definition) is 4. The Labute approximate surface area is 290 Å². The Morgan fingerprint density at radius 2 is 1.90 bits per heavy atom. The van der Waals surface area contributed by atoms with Crippen LogP contribution in [0.2, 0.25) is 0 Å². The number of methoxy groups -OCH3 is 1. The summed E-state index contributed by atoms with van der Waals surface area (Å²) in [4.78, 5) is 43.9. The molecule has 0 radical (unpaired) electrons. The third-order valence-electron chi connectivity index (χ3n) is 8.74. The summed E-state index contributed by atoms with van der Waals surface area (Å²) in [5, 5.41) is 4.33. The van der Waals surface area contributed by atoms with Crippen molar-refractivity contribution < 1.29 is 32.3 Å². The molecule has 2 aliphatic rings. The lowest BCUT2D eigenvalue weighted by Crippen LogP contribution is -2.39. The lowest BCUT2D eigenvalue weighted by molar-refractivity contribution is -0.147. The van der Waals surface area contributed by atoms with Gasteiger partial charge in [0.25, 0.3) is 15.9 Å². The van der Waals surface area contributed by atoms with Crippen LogP contribution in [0.15, 0.2) is 57.7 Å². The van der Waals surface area contributed by atoms with Gasteiger partial charge in [-0.05, 0) is 91.5 Å². The second-order valence-electron chi connectivity index (χ2n) is 12.1. The van der Waals surface area contributed by atoms with Gasteiger partial charge in [0.15, 0.2) is 11.7 Å². The van der Waals surface area contributed by atoms with Crippen molar-refractivity contribution in [3.05, 3.63) is 63.8 Å². The minimum absolute atomic E-state index is 0.0231. The molecule has 5 rings (SSSR count). The molecule has 0 aliphatic carbocycles. The molecule has 1 saturated heterocycles. The lowest BCUT2D eigenvalue weighted by Gasteiger charge is -2.31. The van der Waals surface area contributed by atoms with Crippen molar-refractivity contribution in [1.82, 2.24) is 10.2 Å². The number of nitrogens with zero attached hydrogens (tertiary/aromatic N) is 2. The Morgan fingerprint density at radius 3 is 2.61 bits per heavy atom. The molecule has 1 aromatic heterocycles. The number of fused-ring (bicyclic) bond motifs is 1. The van der Waals surface area contributed by atoms with Gasteiger partial charge >= 0.3 is 5.97 Å². The summed E-state index contributed by atoms with van der Waals surface area (Å²) in [6.45, 7) is 4.16. The first-order chi connectivity index (χ1) is 23.5. The van der Waals surface area contributed by atoms with Crippen molar-refractivity contribution in [1.29, 1.82) is 0 Å². The van der Waals surface area contributed by atoms with Crippen molar-refractivity contribution in [2.45, 2.75) is 56.5 Å². The summed E-state index contributed by atoms with van der Waals surface area (Å²) in [5.74, 6) is -0.854. The van der Waals surface area contributed by atoms with Crippen LogP contribution in [0.5, 0.6) is 5.75 Å². The Balaban J connectivity index is 1.36. The number of sulfonamides is 1. The summed E-state index contributed by atoms with van der Waals surface area (Å²) < 4.78 is 41.4. The Morgan fingerprint density at radius 1 is 1.14 bits per heavy atom. The number of rotatable bonds is 14. The number of ether oxygens (including phenoxy) is 2. The summed E-state index contributed by atoms with van der Waals surface area (Å²) in [5.41, 5.74) is 14.3. The highest BCUT2D eigenvalue weighted by molar-refractivity contribution is 7.92. The van der Waals surface area contributed by atoms with E-state index in [2.05, 4.69) is 19.9 Å². The third kappa shape index (κ3) is 8.77. The smallest absolute Gasteiger partial charge is 0.308 e. The number of guanidine groups is 1. The summed E-state index contributed by atoms with van der Waals surface area (Å²) in [6.07, 6.45) is 2.77. The first kappa shape index (κ1) is 35.8. The van der Waals surface area contributed by atoms with E-state index in [0.29, 0.717) is 39.0 Å². The monoisotopic (exact) mass is 710 g/mol. The maximum absolute atomic E-state index is 14.0. The number of likely N-dealkylation sites (tertiary alicyclic amines) is 1. The Kier molecular flexibility index (Phi) is 11.6. The number of amides is 1. The molecule has 0 saturated carbocycles. The van der Waals surface area contributed by atoms with Gasteiger partial charge in [0.1, 0.15) is 15.5 Å². The summed E-state index contributed by atoms with van der Waals surface area (Å²) >= 11 is 1.06. The molecule has 1 fully saturated rings. The number of anilines is 1. The molecule has 6 N–H and O–H groups in total. The number of nitrogens with one attached hydrogen (secondary N) is 2. The first-order valence-corrected chi connectivity index (χ1v) is 18.5. The molecule has 262 valence electrons. The van der Waals surface area contributed by atoms with Crippen molar-refractivity contribution in [2.75, 3.05) is 38.1 Å². The van der Waals surface area contributed by atoms with E-state index >= 15 is 0 Å². The van der Waals surface area contributed by atoms with Gasteiger partial charge < -0.3 is 26.3 Å². The van der Waals surface area contributed by atoms with Gasteiger partial charge in [-0.3, -0.25) is 29.0 Å². The molecule has 13 nitrogen and oxygen atoms in total. The number of carbonyl (C=O) groups excluding carboxylic acids is 3. The van der Waals surface area contributed by atoms with E-state index in [9.17, 15) is 22.8 Å². The molecule has 1 amide bonds. The zero-order valence-electron chi connectivity index (χ0n) is 27.6. The van der Waals surface area contributed by atoms with Crippen molar-refractivity contribution in [3.8, 4) is 16.9 Å². The molecule has 2 aromatic carbocycles. The van der Waals surface area contributed by atoms with E-state index in [0.717, 1.165) is 59.5 Å². The fourth-order valence-corrected chi connectivity index (χ4v) is 8.27. The van der Waals surface area contributed by atoms with Gasteiger partial charge in [-0.2, -0.15) is 0 Å². The van der Waals surface area contributed by atoms with E-state index < -0.39 is 22.0 Å². The number of thiophene rings is 1. The number of carbonyl (C=O) groups is 3. The number of Topliss-reactive ketones (excluding diaryl/α,β-unsaturated/α-hetero) is 1. The fourth-order valence-electron chi connectivity index (χ4n) is 6.17. The van der Waals surface area contributed by atoms with E-state index in [-0.39, 0.29) is 44.8 Å². The zero-order chi connectivity index (χ0) is 35.1. The highest BCUT2D eigenvalue weighted by atomic mass is 32.2. The van der Waals surface area contributed by atoms with Crippen LogP contribution >= 0.6 is 11.3 Å². The average molecular weight is 711 g/mol. The number of ketones is 1. The fraction of sp³-hybridized carbons (Fsp3) is 0.412. The van der Waals surface area contributed by atoms with Crippen LogP contribution in [0.4, 0.5) is 5.69 Å². The first-order valence-electron chi connectivity index (χ1n) is 16.1. The van der Waals surface area contributed by atoms with Crippen LogP contribution in [0.25, 0.3) is 11.1 Å². The van der Waals surface area contributed by atoms with E-state index in [4.69, 9.17) is 20.9 Å². The minimum Gasteiger partial charge on any atom is -0.492 e. The second kappa shape index (κ2) is 15.8. The SMILES string of the molecule is COC(=O)C1CCN(Cc2ccccc2-c2cc3c(c(S(=O)(=O)Nc4ccsc4C(=O)NC(CCCN=C(N)N)C(C)=O)c2)OCC3)CC1. The molecule has 2 aliphatic heterocycles. The van der Waals surface area contributed by atoms with Crippen LogP contribution < -0.4 is 26.2 Å². The van der Waals surface area contributed by atoms with Crippen LogP contribution in [0, 0.1) is 5.92 Å². The maximum Gasteiger partial charge on any atom is 0.308 e. The normalized spacial score (nSPS) is 15.5. The molecule has 3 heterocycles. The number of hydrogen-bond acceptors (Lipinski definition) is 10. The van der Waals surface area contributed by atoms with Gasteiger partial charge in [0.05, 0.1) is 31.4 Å². The van der Waals surface area contributed by atoms with Crippen molar-refractivity contribution in [3.63, 3.8) is 0 Å². The number of benzene rings is 2. The van der Waals surface area contributed by atoms with Crippen molar-refractivity contribution in [2.24, 2.45) is 22.4 Å². The van der Waals surface area contributed by atoms with Gasteiger partial charge in [-0.15, -0.1) is 11.3 Å². The molecule has 49 heavy (non-hydrogen) atoms. The number of piperidine rings is 1. The number of esters is 1. The molecule has 1 unspecified atom stereocenters. The van der Waals surface area contributed by atoms with Gasteiger partial charge in [0, 0.05) is 19.5 Å². The minimum atomic E-state index is -4.23. The van der Waals surface area contributed by atoms with Gasteiger partial charge in [0.2, 0.25) is 0 Å². The predicted octanol–water partition coefficient (Wildman–Crippen LogP) is 3.28. The lowest BCUT2D eigenvalue weighted by atomic mass is 9.94. The van der Waals surface area contributed by atoms with E-state index in [1.54, 1.807) is 11.4 Å². The zero-order valence-corrected chi connectivity index (χ0v) is 29.2. The van der Waals surface area contributed by atoms with Crippen LogP contribution in [-0.4, -0.2) is 76.3 Å². The molecular formula is C34H42N6O7S2. The predicted molar refractivity (Wildman–Crippen MR) is 188 cm³/mol.